The zero-order valence-corrected chi connectivity index (χ0v) is 16.0. The van der Waals surface area contributed by atoms with Gasteiger partial charge in [0.25, 0.3) is 0 Å². The summed E-state index contributed by atoms with van der Waals surface area (Å²) < 4.78 is 0. The van der Waals surface area contributed by atoms with Crippen LogP contribution in [-0.2, 0) is 17.8 Å². The maximum atomic E-state index is 12.2. The second-order valence-electron chi connectivity index (χ2n) is 7.58. The van der Waals surface area contributed by atoms with Crippen LogP contribution in [0.5, 0.6) is 0 Å². The Kier molecular flexibility index (Phi) is 4.80. The van der Waals surface area contributed by atoms with Gasteiger partial charge in [-0.05, 0) is 43.3 Å². The van der Waals surface area contributed by atoms with Crippen LogP contribution >= 0.6 is 0 Å². The molecule has 2 aromatic rings. The summed E-state index contributed by atoms with van der Waals surface area (Å²) in [7, 11) is 1.87. The Labute approximate surface area is 165 Å². The number of aliphatic hydroxyl groups is 1. The number of carbonyl (C=O) groups excluding carboxylic acids is 1. The summed E-state index contributed by atoms with van der Waals surface area (Å²) in [5.41, 5.74) is 8.66. The van der Waals surface area contributed by atoms with Crippen molar-refractivity contribution in [2.45, 2.75) is 25.0 Å². The molecular formula is C22H24N4O2. The number of fused-ring (bicyclic) bond motifs is 1. The standard InChI is InChI=1S/C22H24N4O2/c1-25-12-9-22(28,20(27)15-25)8-5-16-3-2-4-18(13-16)26-11-7-17-6-10-24-21(23)19(17)14-26/h2-4,6,10,13,28H,7,9,11-12,14-15H2,1H3,(H2,23,24). The quantitative estimate of drug-likeness (QED) is 0.728. The topological polar surface area (TPSA) is 82.7 Å². The van der Waals surface area contributed by atoms with E-state index in [-0.39, 0.29) is 12.3 Å². The first-order valence-corrected chi connectivity index (χ1v) is 9.49. The number of carbonyl (C=O) groups is 1. The number of aromatic nitrogens is 1. The monoisotopic (exact) mass is 376 g/mol. The highest BCUT2D eigenvalue weighted by Crippen LogP contribution is 2.27. The number of nitrogens with zero attached hydrogens (tertiary/aromatic N) is 3. The van der Waals surface area contributed by atoms with Crippen molar-refractivity contribution in [3.63, 3.8) is 0 Å². The molecule has 6 nitrogen and oxygen atoms in total. The molecule has 1 fully saturated rings. The number of ketones is 1. The number of hydrogen-bond donors (Lipinski definition) is 2. The average molecular weight is 376 g/mol. The lowest BCUT2D eigenvalue weighted by Gasteiger charge is -2.31. The molecular weight excluding hydrogens is 352 g/mol. The van der Waals surface area contributed by atoms with Crippen LogP contribution in [0.3, 0.4) is 0 Å². The Morgan fingerprint density at radius 3 is 2.93 bits per heavy atom. The van der Waals surface area contributed by atoms with Crippen molar-refractivity contribution >= 4 is 17.3 Å². The van der Waals surface area contributed by atoms with Crippen LogP contribution in [0, 0.1) is 11.8 Å². The second kappa shape index (κ2) is 7.27. The van der Waals surface area contributed by atoms with E-state index >= 15 is 0 Å². The van der Waals surface area contributed by atoms with Crippen LogP contribution in [0.2, 0.25) is 0 Å². The van der Waals surface area contributed by atoms with Crippen molar-refractivity contribution in [3.8, 4) is 11.8 Å². The zero-order valence-electron chi connectivity index (χ0n) is 16.0. The number of pyridine rings is 1. The van der Waals surface area contributed by atoms with Crippen LogP contribution < -0.4 is 10.6 Å². The lowest BCUT2D eigenvalue weighted by Crippen LogP contribution is -2.50. The van der Waals surface area contributed by atoms with E-state index in [1.165, 1.54) is 5.56 Å². The number of piperidine rings is 1. The van der Waals surface area contributed by atoms with Crippen molar-refractivity contribution in [3.05, 3.63) is 53.2 Å². The molecule has 0 radical (unpaired) electrons. The van der Waals surface area contributed by atoms with Crippen LogP contribution in [0.1, 0.15) is 23.1 Å². The van der Waals surface area contributed by atoms with E-state index in [1.54, 1.807) is 6.20 Å². The lowest BCUT2D eigenvalue weighted by atomic mass is 9.90. The Morgan fingerprint density at radius 2 is 2.11 bits per heavy atom. The number of anilines is 2. The predicted molar refractivity (Wildman–Crippen MR) is 109 cm³/mol. The third-order valence-corrected chi connectivity index (χ3v) is 5.54. The second-order valence-corrected chi connectivity index (χ2v) is 7.58. The van der Waals surface area contributed by atoms with Gasteiger partial charge in [-0.15, -0.1) is 0 Å². The third kappa shape index (κ3) is 3.59. The SMILES string of the molecule is CN1CCC(O)(C#Cc2cccc(N3CCc4ccnc(N)c4C3)c2)C(=O)C1. The molecule has 0 aliphatic carbocycles. The van der Waals surface area contributed by atoms with Crippen LogP contribution in [0.4, 0.5) is 11.5 Å². The number of likely N-dealkylation sites (tertiary alicyclic amines) is 1. The average Bonchev–Trinajstić information content (AvgIpc) is 2.70. The number of rotatable bonds is 1. The number of nitrogen functional groups attached to an aromatic ring is 1. The van der Waals surface area contributed by atoms with Gasteiger partial charge in [-0.1, -0.05) is 17.9 Å². The molecule has 0 amide bonds. The molecule has 1 aromatic heterocycles. The fraction of sp³-hybridized carbons (Fsp3) is 0.364. The van der Waals surface area contributed by atoms with Crippen LogP contribution in [-0.4, -0.2) is 53.1 Å². The maximum absolute atomic E-state index is 12.2. The summed E-state index contributed by atoms with van der Waals surface area (Å²) in [6.07, 6.45) is 3.01. The Morgan fingerprint density at radius 1 is 1.25 bits per heavy atom. The highest BCUT2D eigenvalue weighted by molar-refractivity contribution is 5.93. The first-order valence-electron chi connectivity index (χ1n) is 9.49. The van der Waals surface area contributed by atoms with Gasteiger partial charge < -0.3 is 15.7 Å². The number of benzene rings is 1. The van der Waals surface area contributed by atoms with Crippen molar-refractivity contribution in [2.75, 3.05) is 37.3 Å². The van der Waals surface area contributed by atoms with E-state index in [9.17, 15) is 9.90 Å². The molecule has 2 aliphatic rings. The molecule has 3 N–H and O–H groups in total. The van der Waals surface area contributed by atoms with E-state index in [0.29, 0.717) is 25.3 Å². The summed E-state index contributed by atoms with van der Waals surface area (Å²) in [5.74, 6) is 6.18. The summed E-state index contributed by atoms with van der Waals surface area (Å²) in [4.78, 5) is 20.5. The Bertz CT molecular complexity index is 978. The molecule has 28 heavy (non-hydrogen) atoms. The molecule has 144 valence electrons. The van der Waals surface area contributed by atoms with Gasteiger partial charge >= 0.3 is 0 Å². The maximum Gasteiger partial charge on any atom is 0.190 e. The van der Waals surface area contributed by atoms with E-state index in [2.05, 4.69) is 21.7 Å². The number of likely N-dealkylation sites (N-methyl/N-ethyl adjacent to an activating group) is 1. The third-order valence-electron chi connectivity index (χ3n) is 5.54. The highest BCUT2D eigenvalue weighted by atomic mass is 16.3. The first-order chi connectivity index (χ1) is 13.4. The molecule has 1 atom stereocenters. The normalized spacial score (nSPS) is 22.4. The van der Waals surface area contributed by atoms with Gasteiger partial charge in [-0.25, -0.2) is 4.98 Å². The minimum atomic E-state index is -1.55. The van der Waals surface area contributed by atoms with Crippen molar-refractivity contribution in [1.82, 2.24) is 9.88 Å². The predicted octanol–water partition coefficient (Wildman–Crippen LogP) is 1.21. The molecule has 0 spiro atoms. The minimum absolute atomic E-state index is 0.230. The van der Waals surface area contributed by atoms with E-state index < -0.39 is 5.60 Å². The molecule has 1 unspecified atom stereocenters. The summed E-state index contributed by atoms with van der Waals surface area (Å²) >= 11 is 0. The smallest absolute Gasteiger partial charge is 0.190 e. The van der Waals surface area contributed by atoms with E-state index in [4.69, 9.17) is 5.73 Å². The Balaban J connectivity index is 1.55. The van der Waals surface area contributed by atoms with Crippen LogP contribution in [0.15, 0.2) is 36.5 Å². The summed E-state index contributed by atoms with van der Waals surface area (Å²) in [6, 6.07) is 9.91. The highest BCUT2D eigenvalue weighted by Gasteiger charge is 2.37. The molecule has 0 bridgehead atoms. The van der Waals surface area contributed by atoms with Gasteiger partial charge in [0, 0.05) is 49.1 Å². The van der Waals surface area contributed by atoms with Crippen molar-refractivity contribution in [2.24, 2.45) is 0 Å². The summed E-state index contributed by atoms with van der Waals surface area (Å²) in [5, 5.41) is 10.6. The largest absolute Gasteiger partial charge is 0.383 e. The van der Waals surface area contributed by atoms with Crippen molar-refractivity contribution in [1.29, 1.82) is 0 Å². The molecule has 2 aliphatic heterocycles. The molecule has 1 aromatic carbocycles. The van der Waals surface area contributed by atoms with Crippen LogP contribution in [0.25, 0.3) is 0 Å². The fourth-order valence-electron chi connectivity index (χ4n) is 3.75. The zero-order chi connectivity index (χ0) is 19.7. The van der Waals surface area contributed by atoms with Gasteiger partial charge in [0.15, 0.2) is 11.4 Å². The first kappa shape index (κ1) is 18.5. The van der Waals surface area contributed by atoms with E-state index in [1.807, 2.05) is 42.3 Å². The van der Waals surface area contributed by atoms with E-state index in [0.717, 1.165) is 29.8 Å². The Hall–Kier alpha value is -2.88. The van der Waals surface area contributed by atoms with Gasteiger partial charge in [-0.2, -0.15) is 0 Å². The number of Topliss-reactive ketones (excluding diaryl/α,β-unsaturated/α-hetero) is 1. The number of nitrogens with two attached hydrogens (primary N) is 1. The lowest BCUT2D eigenvalue weighted by molar-refractivity contribution is -0.137. The molecule has 3 heterocycles. The molecule has 1 saturated heterocycles. The van der Waals surface area contributed by atoms with Gasteiger partial charge in [0.2, 0.25) is 0 Å². The van der Waals surface area contributed by atoms with Gasteiger partial charge in [0.05, 0.1) is 6.54 Å². The molecule has 0 saturated carbocycles. The number of hydrogen-bond acceptors (Lipinski definition) is 6. The summed E-state index contributed by atoms with van der Waals surface area (Å²) in [6.45, 7) is 2.48. The van der Waals surface area contributed by atoms with Gasteiger partial charge in [-0.3, -0.25) is 9.69 Å². The van der Waals surface area contributed by atoms with Gasteiger partial charge in [0.1, 0.15) is 5.82 Å². The molecule has 4 rings (SSSR count). The van der Waals surface area contributed by atoms with Crippen molar-refractivity contribution < 1.29 is 9.90 Å². The molecule has 6 heteroatoms. The minimum Gasteiger partial charge on any atom is -0.383 e. The fourth-order valence-corrected chi connectivity index (χ4v) is 3.75.